The molecule has 1 aromatic carbocycles. The number of aromatic nitrogens is 2. The number of nitrogens with one attached hydrogen (secondary N) is 2. The Morgan fingerprint density at radius 1 is 1.03 bits per heavy atom. The smallest absolute Gasteiger partial charge is 0.232 e. The molecule has 3 aliphatic heterocycles. The van der Waals surface area contributed by atoms with Gasteiger partial charge in [0.1, 0.15) is 11.6 Å². The molecule has 0 radical (unpaired) electrons. The van der Waals surface area contributed by atoms with Gasteiger partial charge in [-0.05, 0) is 87.7 Å². The van der Waals surface area contributed by atoms with Crippen LogP contribution in [0.25, 0.3) is 0 Å². The van der Waals surface area contributed by atoms with Gasteiger partial charge in [0, 0.05) is 61.9 Å². The van der Waals surface area contributed by atoms with E-state index in [4.69, 9.17) is 38.5 Å². The van der Waals surface area contributed by atoms with Crippen LogP contribution in [0.15, 0.2) is 30.3 Å². The fourth-order valence-corrected chi connectivity index (χ4v) is 6.28. The number of rotatable bonds is 6. The molecule has 0 saturated carbocycles. The standard InChI is InChI=1S/C29H41ClN6OS/c1-21-10-15-35(16-11-21)25-19-26(36-14-4-3-5-22(36)2)33-27(32-25)34-28(38)31-20-29(12-17-37-18-13-29)23-6-8-24(30)9-7-23/h6-9,19,21-22H,3-5,10-18,20H2,1-2H3,(H2,31,32,33,34,38). The van der Waals surface area contributed by atoms with E-state index in [1.165, 1.54) is 37.7 Å². The van der Waals surface area contributed by atoms with Crippen LogP contribution >= 0.6 is 23.8 Å². The Kier molecular flexibility index (Phi) is 8.91. The maximum atomic E-state index is 6.18. The molecule has 5 rings (SSSR count). The van der Waals surface area contributed by atoms with E-state index in [-0.39, 0.29) is 5.41 Å². The number of thiocarbonyl (C=S) groups is 1. The molecule has 0 aliphatic carbocycles. The van der Waals surface area contributed by atoms with E-state index in [0.29, 0.717) is 23.6 Å². The molecule has 3 aliphatic rings. The van der Waals surface area contributed by atoms with E-state index in [9.17, 15) is 0 Å². The van der Waals surface area contributed by atoms with Crippen molar-refractivity contribution in [3.8, 4) is 0 Å². The highest BCUT2D eigenvalue weighted by Gasteiger charge is 2.34. The fraction of sp³-hybridized carbons (Fsp3) is 0.621. The van der Waals surface area contributed by atoms with Crippen molar-refractivity contribution in [3.63, 3.8) is 0 Å². The average molecular weight is 557 g/mol. The first-order chi connectivity index (χ1) is 18.4. The zero-order chi connectivity index (χ0) is 26.5. The topological polar surface area (TPSA) is 65.5 Å². The van der Waals surface area contributed by atoms with Crippen LogP contribution in [0.3, 0.4) is 0 Å². The minimum Gasteiger partial charge on any atom is -0.381 e. The fourth-order valence-electron chi connectivity index (χ4n) is 5.99. The molecule has 9 heteroatoms. The highest BCUT2D eigenvalue weighted by molar-refractivity contribution is 7.80. The number of piperidine rings is 2. The molecule has 1 unspecified atom stereocenters. The molecule has 7 nitrogen and oxygen atoms in total. The Balaban J connectivity index is 1.33. The minimum atomic E-state index is -0.0594. The first-order valence-electron chi connectivity index (χ1n) is 14.2. The summed E-state index contributed by atoms with van der Waals surface area (Å²) in [5.74, 6) is 3.32. The second kappa shape index (κ2) is 12.3. The van der Waals surface area contributed by atoms with Crippen molar-refractivity contribution in [1.29, 1.82) is 0 Å². The van der Waals surface area contributed by atoms with Gasteiger partial charge in [-0.25, -0.2) is 0 Å². The molecule has 0 bridgehead atoms. The van der Waals surface area contributed by atoms with Crippen LogP contribution in [-0.2, 0) is 10.2 Å². The summed E-state index contributed by atoms with van der Waals surface area (Å²) in [4.78, 5) is 14.7. The van der Waals surface area contributed by atoms with Gasteiger partial charge in [-0.1, -0.05) is 30.7 Å². The zero-order valence-corrected chi connectivity index (χ0v) is 24.3. The highest BCUT2D eigenvalue weighted by atomic mass is 35.5. The number of anilines is 3. The van der Waals surface area contributed by atoms with Crippen LogP contribution in [0.2, 0.25) is 5.02 Å². The van der Waals surface area contributed by atoms with Gasteiger partial charge in [0.05, 0.1) is 0 Å². The molecule has 2 aromatic rings. The number of nitrogens with zero attached hydrogens (tertiary/aromatic N) is 4. The summed E-state index contributed by atoms with van der Waals surface area (Å²) in [6.07, 6.45) is 7.92. The van der Waals surface area contributed by atoms with Gasteiger partial charge >= 0.3 is 0 Å². The van der Waals surface area contributed by atoms with Gasteiger partial charge in [-0.2, -0.15) is 9.97 Å². The minimum absolute atomic E-state index is 0.0594. The molecule has 0 spiro atoms. The molecule has 1 aromatic heterocycles. The Labute approximate surface area is 237 Å². The summed E-state index contributed by atoms with van der Waals surface area (Å²) in [5, 5.41) is 8.12. The molecule has 3 fully saturated rings. The summed E-state index contributed by atoms with van der Waals surface area (Å²) in [6.45, 7) is 9.91. The third-order valence-corrected chi connectivity index (χ3v) is 9.12. The van der Waals surface area contributed by atoms with Crippen molar-refractivity contribution in [2.75, 3.05) is 54.5 Å². The molecule has 2 N–H and O–H groups in total. The van der Waals surface area contributed by atoms with Crippen molar-refractivity contribution in [2.45, 2.75) is 70.3 Å². The lowest BCUT2D eigenvalue weighted by molar-refractivity contribution is 0.0515. The maximum absolute atomic E-state index is 6.18. The zero-order valence-electron chi connectivity index (χ0n) is 22.7. The third kappa shape index (κ3) is 6.52. The van der Waals surface area contributed by atoms with Crippen molar-refractivity contribution >= 4 is 46.5 Å². The molecule has 1 atom stereocenters. The predicted octanol–water partition coefficient (Wildman–Crippen LogP) is 5.78. The van der Waals surface area contributed by atoms with E-state index in [0.717, 1.165) is 68.3 Å². The molecule has 3 saturated heterocycles. The van der Waals surface area contributed by atoms with Crippen LogP contribution < -0.4 is 20.4 Å². The normalized spacial score (nSPS) is 22.2. The van der Waals surface area contributed by atoms with Gasteiger partial charge in [0.25, 0.3) is 0 Å². The lowest BCUT2D eigenvalue weighted by Gasteiger charge is -2.38. The van der Waals surface area contributed by atoms with Crippen LogP contribution in [0, 0.1) is 5.92 Å². The molecule has 4 heterocycles. The first kappa shape index (κ1) is 27.4. The quantitative estimate of drug-likeness (QED) is 0.434. The summed E-state index contributed by atoms with van der Waals surface area (Å²) >= 11 is 12.0. The number of benzene rings is 1. The average Bonchev–Trinajstić information content (AvgIpc) is 2.93. The van der Waals surface area contributed by atoms with E-state index >= 15 is 0 Å². The summed E-state index contributed by atoms with van der Waals surface area (Å²) in [7, 11) is 0. The second-order valence-electron chi connectivity index (χ2n) is 11.3. The van der Waals surface area contributed by atoms with Gasteiger partial charge in [0.2, 0.25) is 5.95 Å². The number of ether oxygens (including phenoxy) is 1. The Morgan fingerprint density at radius 2 is 1.74 bits per heavy atom. The SMILES string of the molecule is CC1CCN(c2cc(N3CCCCC3C)nc(NC(=S)NCC3(c4ccc(Cl)cc4)CCOCC3)n2)CC1. The highest BCUT2D eigenvalue weighted by Crippen LogP contribution is 2.35. The predicted molar refractivity (Wildman–Crippen MR) is 161 cm³/mol. The van der Waals surface area contributed by atoms with E-state index in [1.54, 1.807) is 0 Å². The number of hydrogen-bond donors (Lipinski definition) is 2. The van der Waals surface area contributed by atoms with Gasteiger partial charge in [0.15, 0.2) is 5.11 Å². The third-order valence-electron chi connectivity index (χ3n) is 8.62. The number of halogens is 1. The molecular formula is C29H41ClN6OS. The number of hydrogen-bond acceptors (Lipinski definition) is 6. The lowest BCUT2D eigenvalue weighted by atomic mass is 9.74. The van der Waals surface area contributed by atoms with E-state index in [2.05, 4.69) is 52.5 Å². The van der Waals surface area contributed by atoms with E-state index < -0.39 is 0 Å². The first-order valence-corrected chi connectivity index (χ1v) is 15.0. The lowest BCUT2D eigenvalue weighted by Crippen LogP contribution is -2.45. The van der Waals surface area contributed by atoms with Crippen LogP contribution in [0.1, 0.15) is 64.4 Å². The molecular weight excluding hydrogens is 516 g/mol. The van der Waals surface area contributed by atoms with Crippen LogP contribution in [0.4, 0.5) is 17.6 Å². The van der Waals surface area contributed by atoms with Crippen molar-refractivity contribution < 1.29 is 4.74 Å². The van der Waals surface area contributed by atoms with Crippen LogP contribution in [-0.4, -0.2) is 60.5 Å². The summed E-state index contributed by atoms with van der Waals surface area (Å²) in [5.41, 5.74) is 1.20. The molecule has 0 amide bonds. The molecule has 38 heavy (non-hydrogen) atoms. The largest absolute Gasteiger partial charge is 0.381 e. The van der Waals surface area contributed by atoms with Crippen LogP contribution in [0.5, 0.6) is 0 Å². The Hall–Kier alpha value is -2.16. The van der Waals surface area contributed by atoms with Crippen molar-refractivity contribution in [3.05, 3.63) is 40.9 Å². The maximum Gasteiger partial charge on any atom is 0.232 e. The van der Waals surface area contributed by atoms with Gasteiger partial charge in [-0.15, -0.1) is 0 Å². The summed E-state index contributed by atoms with van der Waals surface area (Å²) in [6, 6.07) is 10.8. The summed E-state index contributed by atoms with van der Waals surface area (Å²) < 4.78 is 5.70. The second-order valence-corrected chi connectivity index (χ2v) is 12.2. The Morgan fingerprint density at radius 3 is 2.45 bits per heavy atom. The van der Waals surface area contributed by atoms with Crippen molar-refractivity contribution in [2.24, 2.45) is 5.92 Å². The van der Waals surface area contributed by atoms with E-state index in [1.807, 2.05) is 12.1 Å². The van der Waals surface area contributed by atoms with Crippen molar-refractivity contribution in [1.82, 2.24) is 15.3 Å². The van der Waals surface area contributed by atoms with Gasteiger partial charge in [-0.3, -0.25) is 0 Å². The monoisotopic (exact) mass is 556 g/mol. The van der Waals surface area contributed by atoms with Gasteiger partial charge < -0.3 is 25.2 Å². The Bertz CT molecular complexity index is 1080. The molecule has 206 valence electrons.